The Kier molecular flexibility index (Phi) is 4.15. The van der Waals surface area contributed by atoms with Gasteiger partial charge in [0.15, 0.2) is 0 Å². The molecule has 0 N–H and O–H groups in total. The Morgan fingerprint density at radius 2 is 1.07 bits per heavy atom. The van der Waals surface area contributed by atoms with Crippen LogP contribution in [0.2, 0.25) is 0 Å². The van der Waals surface area contributed by atoms with Gasteiger partial charge in [-0.15, -0.1) is 0 Å². The lowest BCUT2D eigenvalue weighted by molar-refractivity contribution is 0.670. The van der Waals surface area contributed by atoms with E-state index in [-0.39, 0.29) is 29.7 Å². The Bertz CT molecular complexity index is 3020. The molecule has 0 spiro atoms. The molecule has 0 atom stereocenters. The highest BCUT2D eigenvalue weighted by molar-refractivity contribution is 6.29. The SMILES string of the molecule is [2H]c1c([2H])c([2H])c(-c2ccc3ccc4c(-c5cccc6oc7c(-c8ccc9ccccc9c8)cccc7c56)ccc5ccc2c3c54)c([2H])c1[2H]. The highest BCUT2D eigenvalue weighted by Gasteiger charge is 2.19. The maximum atomic E-state index is 8.70. The molecule has 0 unspecified atom stereocenters. The number of benzene rings is 9. The molecule has 208 valence electrons. The summed E-state index contributed by atoms with van der Waals surface area (Å²) in [4.78, 5) is 0. The monoisotopic (exact) mass is 575 g/mol. The van der Waals surface area contributed by atoms with E-state index in [9.17, 15) is 0 Å². The van der Waals surface area contributed by atoms with Crippen molar-refractivity contribution in [2.24, 2.45) is 0 Å². The van der Waals surface area contributed by atoms with Gasteiger partial charge in [-0.1, -0.05) is 145 Å². The summed E-state index contributed by atoms with van der Waals surface area (Å²) in [6.45, 7) is 0. The summed E-state index contributed by atoms with van der Waals surface area (Å²) >= 11 is 0. The van der Waals surface area contributed by atoms with Crippen LogP contribution in [0.15, 0.2) is 162 Å². The van der Waals surface area contributed by atoms with Crippen molar-refractivity contribution in [3.8, 4) is 33.4 Å². The maximum absolute atomic E-state index is 8.70. The highest BCUT2D eigenvalue weighted by Crippen LogP contribution is 2.46. The van der Waals surface area contributed by atoms with E-state index in [4.69, 9.17) is 11.3 Å². The summed E-state index contributed by atoms with van der Waals surface area (Å²) < 4.78 is 48.8. The van der Waals surface area contributed by atoms with Gasteiger partial charge in [0.25, 0.3) is 0 Å². The Balaban J connectivity index is 1.23. The molecule has 0 saturated heterocycles. The summed E-state index contributed by atoms with van der Waals surface area (Å²) in [5, 5.41) is 10.6. The molecular formula is C44H26O. The third-order valence-electron chi connectivity index (χ3n) is 9.31. The summed E-state index contributed by atoms with van der Waals surface area (Å²) in [6, 6.07) is 42.6. The maximum Gasteiger partial charge on any atom is 0.143 e. The molecule has 1 heteroatoms. The molecule has 9 aromatic carbocycles. The molecule has 0 radical (unpaired) electrons. The molecule has 10 aromatic rings. The molecule has 1 heterocycles. The number of hydrogen-bond acceptors (Lipinski definition) is 1. The Hall–Kier alpha value is -5.92. The molecule has 0 aliphatic heterocycles. The molecule has 1 aromatic heterocycles. The van der Waals surface area contributed by atoms with Crippen molar-refractivity contribution < 1.29 is 11.3 Å². The molecule has 0 fully saturated rings. The summed E-state index contributed by atoms with van der Waals surface area (Å²) in [6.07, 6.45) is 0. The molecule has 10 rings (SSSR count). The first-order valence-electron chi connectivity index (χ1n) is 17.6. The van der Waals surface area contributed by atoms with Crippen molar-refractivity contribution in [1.29, 1.82) is 0 Å². The van der Waals surface area contributed by atoms with Crippen LogP contribution < -0.4 is 0 Å². The Labute approximate surface area is 266 Å². The topological polar surface area (TPSA) is 13.1 Å². The van der Waals surface area contributed by atoms with Crippen molar-refractivity contribution in [2.75, 3.05) is 0 Å². The fourth-order valence-corrected chi connectivity index (χ4v) is 7.29. The fourth-order valence-electron chi connectivity index (χ4n) is 7.29. The predicted octanol–water partition coefficient (Wildman–Crippen LogP) is 12.6. The number of rotatable bonds is 3. The van der Waals surface area contributed by atoms with Gasteiger partial charge >= 0.3 is 0 Å². The lowest BCUT2D eigenvalue weighted by atomic mass is 9.86. The van der Waals surface area contributed by atoms with Crippen LogP contribution in [0.4, 0.5) is 0 Å². The number of fused-ring (bicyclic) bond motifs is 4. The van der Waals surface area contributed by atoms with Crippen LogP contribution in [-0.4, -0.2) is 0 Å². The van der Waals surface area contributed by atoms with E-state index in [1.807, 2.05) is 30.3 Å². The number of para-hydroxylation sites is 1. The van der Waals surface area contributed by atoms with Gasteiger partial charge in [0.1, 0.15) is 11.2 Å². The molecule has 0 aliphatic rings. The zero-order chi connectivity index (χ0) is 33.8. The first-order chi connectivity index (χ1) is 24.4. The van der Waals surface area contributed by atoms with Crippen molar-refractivity contribution in [3.63, 3.8) is 0 Å². The van der Waals surface area contributed by atoms with Gasteiger partial charge in [-0.2, -0.15) is 0 Å². The first kappa shape index (κ1) is 20.1. The fraction of sp³-hybridized carbons (Fsp3) is 0. The first-order valence-corrected chi connectivity index (χ1v) is 15.1. The van der Waals surface area contributed by atoms with Gasteiger partial charge in [-0.3, -0.25) is 0 Å². The van der Waals surface area contributed by atoms with E-state index >= 15 is 0 Å². The van der Waals surface area contributed by atoms with Crippen LogP contribution in [0.5, 0.6) is 0 Å². The third-order valence-corrected chi connectivity index (χ3v) is 9.31. The zero-order valence-corrected chi connectivity index (χ0v) is 24.0. The third kappa shape index (κ3) is 3.56. The van der Waals surface area contributed by atoms with Crippen LogP contribution in [0.3, 0.4) is 0 Å². The second kappa shape index (κ2) is 9.29. The smallest absolute Gasteiger partial charge is 0.143 e. The second-order valence-electron chi connectivity index (χ2n) is 11.7. The standard InChI is InChI=1S/C44H26O/c1-2-9-28(10-3-1)33-22-18-29-21-25-38-35(23-19-30-20-24-37(33)41(29)42(30)38)36-13-7-15-40-43(36)39-14-6-12-34(44(39)45-40)32-17-16-27-8-4-5-11-31(27)26-32/h1-26H/i1D,2D,3D,9D,10D. The van der Waals surface area contributed by atoms with E-state index in [2.05, 4.69) is 97.1 Å². The van der Waals surface area contributed by atoms with Crippen LogP contribution in [0, 0.1) is 0 Å². The molecule has 45 heavy (non-hydrogen) atoms. The Morgan fingerprint density at radius 1 is 0.400 bits per heavy atom. The molecular weight excluding hydrogens is 544 g/mol. The van der Waals surface area contributed by atoms with Crippen LogP contribution >= 0.6 is 0 Å². The van der Waals surface area contributed by atoms with E-state index < -0.39 is 6.04 Å². The normalized spacial score (nSPS) is 13.6. The van der Waals surface area contributed by atoms with E-state index in [1.54, 1.807) is 0 Å². The second-order valence-corrected chi connectivity index (χ2v) is 11.7. The summed E-state index contributed by atoms with van der Waals surface area (Å²) in [7, 11) is 0. The minimum atomic E-state index is -0.392. The minimum Gasteiger partial charge on any atom is -0.455 e. The van der Waals surface area contributed by atoms with Crippen LogP contribution in [0.25, 0.3) is 98.4 Å². The van der Waals surface area contributed by atoms with Crippen molar-refractivity contribution in [2.45, 2.75) is 0 Å². The van der Waals surface area contributed by atoms with Gasteiger partial charge < -0.3 is 4.42 Å². The number of hydrogen-bond donors (Lipinski definition) is 0. The lowest BCUT2D eigenvalue weighted by Crippen LogP contribution is -1.89. The molecule has 0 aliphatic carbocycles. The van der Waals surface area contributed by atoms with Gasteiger partial charge in [0, 0.05) is 16.3 Å². The molecule has 0 amide bonds. The predicted molar refractivity (Wildman–Crippen MR) is 191 cm³/mol. The molecule has 0 bridgehead atoms. The lowest BCUT2D eigenvalue weighted by Gasteiger charge is -2.17. The van der Waals surface area contributed by atoms with Gasteiger partial charge in [0.05, 0.1) is 6.85 Å². The van der Waals surface area contributed by atoms with E-state index in [0.717, 1.165) is 76.5 Å². The average molecular weight is 576 g/mol. The van der Waals surface area contributed by atoms with E-state index in [1.165, 1.54) is 10.8 Å². The minimum absolute atomic E-state index is 0.201. The quantitative estimate of drug-likeness (QED) is 0.191. The van der Waals surface area contributed by atoms with Crippen molar-refractivity contribution in [1.82, 2.24) is 0 Å². The average Bonchev–Trinajstić information content (AvgIpc) is 3.55. The van der Waals surface area contributed by atoms with Gasteiger partial charge in [-0.25, -0.2) is 0 Å². The number of furan rings is 1. The Morgan fingerprint density at radius 3 is 1.89 bits per heavy atom. The van der Waals surface area contributed by atoms with Gasteiger partial charge in [0.2, 0.25) is 0 Å². The largest absolute Gasteiger partial charge is 0.455 e. The molecule has 1 nitrogen and oxygen atoms in total. The van der Waals surface area contributed by atoms with Gasteiger partial charge in [-0.05, 0) is 83.0 Å². The van der Waals surface area contributed by atoms with E-state index in [0.29, 0.717) is 5.56 Å². The molecule has 0 saturated carbocycles. The summed E-state index contributed by atoms with van der Waals surface area (Å²) in [5.74, 6) is 0. The van der Waals surface area contributed by atoms with Crippen LogP contribution in [0.1, 0.15) is 6.85 Å². The van der Waals surface area contributed by atoms with Crippen molar-refractivity contribution in [3.05, 3.63) is 158 Å². The zero-order valence-electron chi connectivity index (χ0n) is 29.0. The highest BCUT2D eigenvalue weighted by atomic mass is 16.3. The van der Waals surface area contributed by atoms with Crippen LogP contribution in [-0.2, 0) is 0 Å². The van der Waals surface area contributed by atoms with Crippen molar-refractivity contribution >= 4 is 65.0 Å². The summed E-state index contributed by atoms with van der Waals surface area (Å²) in [5.41, 5.74) is 6.80.